The van der Waals surface area contributed by atoms with Gasteiger partial charge in [-0.15, -0.1) is 0 Å². The van der Waals surface area contributed by atoms with E-state index in [-0.39, 0.29) is 5.92 Å². The fourth-order valence-electron chi connectivity index (χ4n) is 2.93. The molecule has 1 fully saturated rings. The van der Waals surface area contributed by atoms with Crippen LogP contribution in [0.2, 0.25) is 0 Å². The van der Waals surface area contributed by atoms with Crippen molar-refractivity contribution in [1.82, 2.24) is 4.90 Å². The molecule has 0 aromatic heterocycles. The van der Waals surface area contributed by atoms with Crippen molar-refractivity contribution in [3.05, 3.63) is 0 Å². The van der Waals surface area contributed by atoms with Crippen LogP contribution in [-0.2, 0) is 4.79 Å². The SMILES string of the molecule is CCCN(C)CC1CC(C(C)(C)C)CCC1=O. The second-order valence-corrected chi connectivity index (χ2v) is 6.76. The summed E-state index contributed by atoms with van der Waals surface area (Å²) in [6.07, 6.45) is 4.15. The van der Waals surface area contributed by atoms with E-state index in [2.05, 4.69) is 39.6 Å². The zero-order valence-electron chi connectivity index (χ0n) is 12.3. The van der Waals surface area contributed by atoms with Gasteiger partial charge in [-0.05, 0) is 44.2 Å². The van der Waals surface area contributed by atoms with E-state index in [1.807, 2.05) is 0 Å². The molecule has 0 radical (unpaired) electrons. The largest absolute Gasteiger partial charge is 0.306 e. The van der Waals surface area contributed by atoms with Crippen LogP contribution in [0.4, 0.5) is 0 Å². The third-order valence-corrected chi connectivity index (χ3v) is 4.13. The molecule has 0 aromatic rings. The summed E-state index contributed by atoms with van der Waals surface area (Å²) in [6.45, 7) is 11.2. The van der Waals surface area contributed by atoms with Crippen molar-refractivity contribution in [2.75, 3.05) is 20.1 Å². The van der Waals surface area contributed by atoms with E-state index in [0.717, 1.165) is 32.4 Å². The maximum Gasteiger partial charge on any atom is 0.137 e. The molecule has 100 valence electrons. The van der Waals surface area contributed by atoms with Crippen LogP contribution in [0.15, 0.2) is 0 Å². The molecule has 1 rings (SSSR count). The highest BCUT2D eigenvalue weighted by Gasteiger charge is 2.35. The molecule has 0 aromatic carbocycles. The van der Waals surface area contributed by atoms with Crippen molar-refractivity contribution in [3.63, 3.8) is 0 Å². The maximum atomic E-state index is 12.0. The topological polar surface area (TPSA) is 20.3 Å². The number of hydrogen-bond donors (Lipinski definition) is 0. The van der Waals surface area contributed by atoms with Gasteiger partial charge >= 0.3 is 0 Å². The first kappa shape index (κ1) is 14.7. The number of carbonyl (C=O) groups is 1. The standard InChI is InChI=1S/C15H29NO/c1-6-9-16(5)11-12-10-13(15(2,3)4)7-8-14(12)17/h12-13H,6-11H2,1-5H3. The molecule has 2 heteroatoms. The van der Waals surface area contributed by atoms with Crippen molar-refractivity contribution in [1.29, 1.82) is 0 Å². The fraction of sp³-hybridized carbons (Fsp3) is 0.933. The molecule has 0 saturated heterocycles. The van der Waals surface area contributed by atoms with Gasteiger partial charge in [0.2, 0.25) is 0 Å². The minimum Gasteiger partial charge on any atom is -0.306 e. The van der Waals surface area contributed by atoms with Crippen LogP contribution in [-0.4, -0.2) is 30.8 Å². The fourth-order valence-corrected chi connectivity index (χ4v) is 2.93. The first-order chi connectivity index (χ1) is 7.84. The minimum atomic E-state index is 0.282. The summed E-state index contributed by atoms with van der Waals surface area (Å²) < 4.78 is 0. The van der Waals surface area contributed by atoms with Crippen molar-refractivity contribution in [3.8, 4) is 0 Å². The molecule has 1 aliphatic carbocycles. The Balaban J connectivity index is 2.55. The Morgan fingerprint density at radius 2 is 2.00 bits per heavy atom. The summed E-state index contributed by atoms with van der Waals surface area (Å²) in [4.78, 5) is 14.3. The van der Waals surface area contributed by atoms with Gasteiger partial charge in [0, 0.05) is 18.9 Å². The Kier molecular flexibility index (Phi) is 5.18. The first-order valence-electron chi connectivity index (χ1n) is 7.05. The molecule has 0 amide bonds. The predicted molar refractivity (Wildman–Crippen MR) is 73.1 cm³/mol. The van der Waals surface area contributed by atoms with Gasteiger partial charge in [0.1, 0.15) is 5.78 Å². The number of rotatable bonds is 4. The Morgan fingerprint density at radius 3 is 2.53 bits per heavy atom. The summed E-state index contributed by atoms with van der Waals surface area (Å²) in [5.41, 5.74) is 0.349. The van der Waals surface area contributed by atoms with E-state index >= 15 is 0 Å². The van der Waals surface area contributed by atoms with E-state index in [1.54, 1.807) is 0 Å². The van der Waals surface area contributed by atoms with E-state index < -0.39 is 0 Å². The van der Waals surface area contributed by atoms with Gasteiger partial charge in [0.15, 0.2) is 0 Å². The van der Waals surface area contributed by atoms with E-state index in [1.165, 1.54) is 6.42 Å². The van der Waals surface area contributed by atoms with Gasteiger partial charge < -0.3 is 4.90 Å². The number of nitrogens with zero attached hydrogens (tertiary/aromatic N) is 1. The highest BCUT2D eigenvalue weighted by Crippen LogP contribution is 2.39. The molecule has 2 atom stereocenters. The Hall–Kier alpha value is -0.370. The molecule has 2 unspecified atom stereocenters. The van der Waals surface area contributed by atoms with Crippen molar-refractivity contribution in [2.45, 2.75) is 53.4 Å². The lowest BCUT2D eigenvalue weighted by Crippen LogP contribution is -2.38. The highest BCUT2D eigenvalue weighted by molar-refractivity contribution is 5.82. The molecule has 0 N–H and O–H groups in total. The third kappa shape index (κ3) is 4.42. The lowest BCUT2D eigenvalue weighted by Gasteiger charge is -2.38. The quantitative estimate of drug-likeness (QED) is 0.750. The van der Waals surface area contributed by atoms with Crippen LogP contribution in [0.3, 0.4) is 0 Å². The number of ketones is 1. The summed E-state index contributed by atoms with van der Waals surface area (Å²) in [5.74, 6) is 1.48. The lowest BCUT2D eigenvalue weighted by molar-refractivity contribution is -0.127. The Labute approximate surface area is 107 Å². The molecule has 0 aliphatic heterocycles. The van der Waals surface area contributed by atoms with Gasteiger partial charge in [-0.25, -0.2) is 0 Å². The maximum absolute atomic E-state index is 12.0. The molecule has 1 aliphatic rings. The molecular weight excluding hydrogens is 210 g/mol. The molecule has 1 saturated carbocycles. The van der Waals surface area contributed by atoms with Crippen molar-refractivity contribution >= 4 is 5.78 Å². The zero-order valence-corrected chi connectivity index (χ0v) is 12.3. The van der Waals surface area contributed by atoms with Crippen LogP contribution in [0.5, 0.6) is 0 Å². The molecule has 0 spiro atoms. The molecular formula is C15H29NO. The molecule has 0 bridgehead atoms. The number of hydrogen-bond acceptors (Lipinski definition) is 2. The smallest absolute Gasteiger partial charge is 0.137 e. The molecule has 2 nitrogen and oxygen atoms in total. The summed E-state index contributed by atoms with van der Waals surface area (Å²) in [7, 11) is 2.14. The van der Waals surface area contributed by atoms with Gasteiger partial charge in [-0.2, -0.15) is 0 Å². The monoisotopic (exact) mass is 239 g/mol. The van der Waals surface area contributed by atoms with Crippen LogP contribution in [0.25, 0.3) is 0 Å². The molecule has 17 heavy (non-hydrogen) atoms. The Morgan fingerprint density at radius 1 is 1.35 bits per heavy atom. The number of Topliss-reactive ketones (excluding diaryl/α,β-unsaturated/α-hetero) is 1. The molecule has 0 heterocycles. The van der Waals surface area contributed by atoms with E-state index in [9.17, 15) is 4.79 Å². The van der Waals surface area contributed by atoms with Crippen molar-refractivity contribution in [2.24, 2.45) is 17.3 Å². The lowest BCUT2D eigenvalue weighted by atomic mass is 9.68. The second kappa shape index (κ2) is 5.99. The number of carbonyl (C=O) groups excluding carboxylic acids is 1. The van der Waals surface area contributed by atoms with E-state index in [0.29, 0.717) is 17.1 Å². The Bertz CT molecular complexity index is 254. The van der Waals surface area contributed by atoms with Crippen LogP contribution in [0.1, 0.15) is 53.4 Å². The van der Waals surface area contributed by atoms with Crippen LogP contribution in [0, 0.1) is 17.3 Å². The van der Waals surface area contributed by atoms with Crippen LogP contribution < -0.4 is 0 Å². The van der Waals surface area contributed by atoms with Crippen molar-refractivity contribution < 1.29 is 4.79 Å². The van der Waals surface area contributed by atoms with Gasteiger partial charge in [0.05, 0.1) is 0 Å². The van der Waals surface area contributed by atoms with Crippen LogP contribution >= 0.6 is 0 Å². The zero-order chi connectivity index (χ0) is 13.1. The second-order valence-electron chi connectivity index (χ2n) is 6.76. The summed E-state index contributed by atoms with van der Waals surface area (Å²) in [6, 6.07) is 0. The minimum absolute atomic E-state index is 0.282. The highest BCUT2D eigenvalue weighted by atomic mass is 16.1. The average Bonchev–Trinajstić information content (AvgIpc) is 2.20. The normalized spacial score (nSPS) is 26.6. The van der Waals surface area contributed by atoms with Gasteiger partial charge in [-0.1, -0.05) is 27.7 Å². The third-order valence-electron chi connectivity index (χ3n) is 4.13. The first-order valence-corrected chi connectivity index (χ1v) is 7.05. The van der Waals surface area contributed by atoms with Gasteiger partial charge in [0.25, 0.3) is 0 Å². The summed E-state index contributed by atoms with van der Waals surface area (Å²) >= 11 is 0. The van der Waals surface area contributed by atoms with Gasteiger partial charge in [-0.3, -0.25) is 4.79 Å². The predicted octanol–water partition coefficient (Wildman–Crippen LogP) is 3.36. The average molecular weight is 239 g/mol. The van der Waals surface area contributed by atoms with E-state index in [4.69, 9.17) is 0 Å². The summed E-state index contributed by atoms with van der Waals surface area (Å²) in [5, 5.41) is 0.